The zero-order chi connectivity index (χ0) is 18.7. The Morgan fingerprint density at radius 3 is 2.46 bits per heavy atom. The van der Waals surface area contributed by atoms with Crippen LogP contribution in [0.2, 0.25) is 0 Å². The van der Waals surface area contributed by atoms with E-state index in [4.69, 9.17) is 4.74 Å². The van der Waals surface area contributed by atoms with E-state index in [1.54, 1.807) is 43.3 Å². The predicted molar refractivity (Wildman–Crippen MR) is 94.3 cm³/mol. The number of benzene rings is 2. The lowest BCUT2D eigenvalue weighted by molar-refractivity contribution is -0.140. The second kappa shape index (κ2) is 7.25. The molecule has 1 atom stereocenters. The van der Waals surface area contributed by atoms with Gasteiger partial charge in [-0.05, 0) is 49.1 Å². The molecule has 0 heterocycles. The monoisotopic (exact) mass is 357 g/mol. The summed E-state index contributed by atoms with van der Waals surface area (Å²) in [6.07, 6.45) is 0.380. The van der Waals surface area contributed by atoms with E-state index in [1.807, 2.05) is 0 Å². The lowest BCUT2D eigenvalue weighted by atomic mass is 9.94. The summed E-state index contributed by atoms with van der Waals surface area (Å²) in [5.74, 6) is -1.57. The van der Waals surface area contributed by atoms with Crippen molar-refractivity contribution < 1.29 is 23.8 Å². The van der Waals surface area contributed by atoms with Crippen molar-refractivity contribution in [1.82, 2.24) is 0 Å². The van der Waals surface area contributed by atoms with Crippen molar-refractivity contribution >= 4 is 17.6 Å². The summed E-state index contributed by atoms with van der Waals surface area (Å²) in [5, 5.41) is 12.3. The zero-order valence-electron chi connectivity index (χ0n) is 14.4. The van der Waals surface area contributed by atoms with Gasteiger partial charge in [0.15, 0.2) is 0 Å². The third-order valence-electron chi connectivity index (χ3n) is 4.64. The summed E-state index contributed by atoms with van der Waals surface area (Å²) in [6.45, 7) is 1.79. The summed E-state index contributed by atoms with van der Waals surface area (Å²) in [4.78, 5) is 24.0. The third kappa shape index (κ3) is 3.75. The number of carboxylic acids is 1. The molecule has 0 aromatic heterocycles. The van der Waals surface area contributed by atoms with Crippen molar-refractivity contribution in [3.8, 4) is 0 Å². The van der Waals surface area contributed by atoms with Crippen LogP contribution in [0.4, 0.5) is 10.1 Å². The van der Waals surface area contributed by atoms with Crippen LogP contribution < -0.4 is 5.32 Å². The quantitative estimate of drug-likeness (QED) is 0.795. The van der Waals surface area contributed by atoms with Gasteiger partial charge in [0.25, 0.3) is 5.91 Å². The molecule has 0 radical (unpaired) electrons. The molecule has 0 saturated heterocycles. The second-order valence-corrected chi connectivity index (χ2v) is 6.50. The van der Waals surface area contributed by atoms with E-state index in [1.165, 1.54) is 12.1 Å². The fourth-order valence-corrected chi connectivity index (χ4v) is 2.84. The molecule has 0 aliphatic heterocycles. The predicted octanol–water partition coefficient (Wildman–Crippen LogP) is 3.49. The van der Waals surface area contributed by atoms with Gasteiger partial charge in [-0.1, -0.05) is 30.3 Å². The molecule has 1 aliphatic rings. The molecule has 2 aromatic carbocycles. The lowest BCUT2D eigenvalue weighted by Gasteiger charge is -2.18. The molecule has 5 nitrogen and oxygen atoms in total. The first-order valence-electron chi connectivity index (χ1n) is 8.42. The van der Waals surface area contributed by atoms with E-state index in [-0.39, 0.29) is 18.3 Å². The maximum atomic E-state index is 12.9. The van der Waals surface area contributed by atoms with Crippen LogP contribution in [0.5, 0.6) is 0 Å². The van der Waals surface area contributed by atoms with Crippen LogP contribution >= 0.6 is 0 Å². The first kappa shape index (κ1) is 18.1. The molecule has 1 unspecified atom stereocenters. The number of hydrogen-bond acceptors (Lipinski definition) is 3. The highest BCUT2D eigenvalue weighted by atomic mass is 19.1. The largest absolute Gasteiger partial charge is 0.481 e. The van der Waals surface area contributed by atoms with E-state index < -0.39 is 17.5 Å². The number of aliphatic carboxylic acids is 1. The van der Waals surface area contributed by atoms with Gasteiger partial charge in [-0.3, -0.25) is 9.59 Å². The van der Waals surface area contributed by atoms with Gasteiger partial charge in [-0.2, -0.15) is 0 Å². The minimum atomic E-state index is -0.901. The number of carbonyl (C=O) groups excluding carboxylic acids is 1. The number of carbonyl (C=O) groups is 2. The molecule has 1 amide bonds. The number of hydrogen-bond donors (Lipinski definition) is 2. The Kier molecular flexibility index (Phi) is 5.04. The summed E-state index contributed by atoms with van der Waals surface area (Å²) in [5.41, 5.74) is 0.970. The van der Waals surface area contributed by atoms with E-state index >= 15 is 0 Å². The molecular formula is C20H20FNO4. The van der Waals surface area contributed by atoms with Crippen LogP contribution in [0.1, 0.15) is 30.9 Å². The molecule has 3 rings (SSSR count). The molecular weight excluding hydrogens is 337 g/mol. The summed E-state index contributed by atoms with van der Waals surface area (Å²) >= 11 is 0. The van der Waals surface area contributed by atoms with E-state index in [9.17, 15) is 19.1 Å². The number of anilines is 1. The molecule has 2 aromatic rings. The molecule has 1 fully saturated rings. The number of nitrogens with one attached hydrogen (secondary N) is 1. The van der Waals surface area contributed by atoms with Crippen molar-refractivity contribution in [2.75, 3.05) is 5.32 Å². The maximum absolute atomic E-state index is 12.9. The van der Waals surface area contributed by atoms with Gasteiger partial charge in [0.2, 0.25) is 0 Å². The Bertz CT molecular complexity index is 815. The van der Waals surface area contributed by atoms with Gasteiger partial charge >= 0.3 is 5.97 Å². The normalized spacial score (nSPS) is 15.9. The van der Waals surface area contributed by atoms with E-state index in [0.29, 0.717) is 24.1 Å². The number of halogens is 1. The minimum Gasteiger partial charge on any atom is -0.481 e. The standard InChI is InChI=1S/C20H20FNO4/c1-13(26-12-14-6-8-15(21)9-7-14)18(23)22-17-5-3-2-4-16(17)20(10-11-20)19(24)25/h2-9,13H,10-12H2,1H3,(H,22,23)(H,24,25). The zero-order valence-corrected chi connectivity index (χ0v) is 14.4. The van der Waals surface area contributed by atoms with Gasteiger partial charge in [-0.25, -0.2) is 4.39 Å². The fourth-order valence-electron chi connectivity index (χ4n) is 2.84. The number of amides is 1. The average Bonchev–Trinajstić information content (AvgIpc) is 3.43. The van der Waals surface area contributed by atoms with E-state index in [0.717, 1.165) is 5.56 Å². The van der Waals surface area contributed by atoms with Crippen molar-refractivity contribution in [1.29, 1.82) is 0 Å². The minimum absolute atomic E-state index is 0.176. The van der Waals surface area contributed by atoms with Crippen LogP contribution in [0.25, 0.3) is 0 Å². The number of carboxylic acid groups (broad SMARTS) is 1. The van der Waals surface area contributed by atoms with Gasteiger partial charge in [-0.15, -0.1) is 0 Å². The Labute approximate surface area is 150 Å². The molecule has 1 aliphatic carbocycles. The van der Waals surface area contributed by atoms with Crippen LogP contribution in [-0.4, -0.2) is 23.1 Å². The number of para-hydroxylation sites is 1. The Hall–Kier alpha value is -2.73. The van der Waals surface area contributed by atoms with Crippen molar-refractivity contribution in [3.05, 3.63) is 65.5 Å². The number of rotatable bonds is 7. The average molecular weight is 357 g/mol. The highest BCUT2D eigenvalue weighted by Crippen LogP contribution is 2.50. The molecule has 2 N–H and O–H groups in total. The number of ether oxygens (including phenoxy) is 1. The smallest absolute Gasteiger partial charge is 0.314 e. The topological polar surface area (TPSA) is 75.6 Å². The van der Waals surface area contributed by atoms with Crippen molar-refractivity contribution in [2.24, 2.45) is 0 Å². The molecule has 1 saturated carbocycles. The summed E-state index contributed by atoms with van der Waals surface area (Å²) in [7, 11) is 0. The van der Waals surface area contributed by atoms with E-state index in [2.05, 4.69) is 5.32 Å². The van der Waals surface area contributed by atoms with Gasteiger partial charge < -0.3 is 15.2 Å². The Balaban J connectivity index is 1.65. The molecule has 136 valence electrons. The molecule has 26 heavy (non-hydrogen) atoms. The maximum Gasteiger partial charge on any atom is 0.314 e. The van der Waals surface area contributed by atoms with Gasteiger partial charge in [0.05, 0.1) is 12.0 Å². The lowest BCUT2D eigenvalue weighted by Crippen LogP contribution is -2.29. The van der Waals surface area contributed by atoms with Crippen molar-refractivity contribution in [3.63, 3.8) is 0 Å². The molecule has 0 spiro atoms. The highest BCUT2D eigenvalue weighted by Gasteiger charge is 2.53. The Morgan fingerprint density at radius 2 is 1.85 bits per heavy atom. The summed E-state index contributed by atoms with van der Waals surface area (Å²) in [6, 6.07) is 12.8. The highest BCUT2D eigenvalue weighted by molar-refractivity contribution is 5.97. The molecule has 6 heteroatoms. The summed E-state index contributed by atoms with van der Waals surface area (Å²) < 4.78 is 18.4. The van der Waals surface area contributed by atoms with Crippen LogP contribution in [0, 0.1) is 5.82 Å². The van der Waals surface area contributed by atoms with Crippen LogP contribution in [0.3, 0.4) is 0 Å². The van der Waals surface area contributed by atoms with Gasteiger partial charge in [0, 0.05) is 5.69 Å². The first-order valence-corrected chi connectivity index (χ1v) is 8.42. The van der Waals surface area contributed by atoms with Crippen LogP contribution in [-0.2, 0) is 26.3 Å². The first-order chi connectivity index (χ1) is 12.4. The molecule has 0 bridgehead atoms. The third-order valence-corrected chi connectivity index (χ3v) is 4.64. The Morgan fingerprint density at radius 1 is 1.19 bits per heavy atom. The SMILES string of the molecule is CC(OCc1ccc(F)cc1)C(=O)Nc1ccccc1C1(C(=O)O)CC1. The van der Waals surface area contributed by atoms with Gasteiger partial charge in [0.1, 0.15) is 11.9 Å². The van der Waals surface area contributed by atoms with Crippen molar-refractivity contribution in [2.45, 2.75) is 37.9 Å². The second-order valence-electron chi connectivity index (χ2n) is 6.50. The fraction of sp³-hybridized carbons (Fsp3) is 0.300. The van der Waals surface area contributed by atoms with Crippen LogP contribution in [0.15, 0.2) is 48.5 Å².